The van der Waals surface area contributed by atoms with Crippen LogP contribution in [0.25, 0.3) is 0 Å². The average Bonchev–Trinajstić information content (AvgIpc) is 2.25. The van der Waals surface area contributed by atoms with Gasteiger partial charge in [0.15, 0.2) is 0 Å². The van der Waals surface area contributed by atoms with Crippen LogP contribution in [0.2, 0.25) is 0 Å². The number of rotatable bonds is 3. The Morgan fingerprint density at radius 1 is 1.35 bits per heavy atom. The molecule has 1 saturated carbocycles. The molecule has 1 aliphatic rings. The molecular formula is C14H28N2O. The summed E-state index contributed by atoms with van der Waals surface area (Å²) >= 11 is 0. The number of carbonyl (C=O) groups is 1. The van der Waals surface area contributed by atoms with Crippen LogP contribution in [0.3, 0.4) is 0 Å². The third-order valence-corrected chi connectivity index (χ3v) is 4.04. The zero-order valence-corrected chi connectivity index (χ0v) is 11.8. The van der Waals surface area contributed by atoms with Crippen molar-refractivity contribution in [1.29, 1.82) is 0 Å². The quantitative estimate of drug-likeness (QED) is 0.795. The van der Waals surface area contributed by atoms with Gasteiger partial charge in [-0.1, -0.05) is 47.0 Å². The molecule has 0 heterocycles. The second-order valence-corrected chi connectivity index (χ2v) is 6.61. The van der Waals surface area contributed by atoms with Crippen LogP contribution < -0.4 is 11.1 Å². The van der Waals surface area contributed by atoms with Gasteiger partial charge in [0.2, 0.25) is 5.91 Å². The van der Waals surface area contributed by atoms with Crippen molar-refractivity contribution in [3.63, 3.8) is 0 Å². The van der Waals surface area contributed by atoms with E-state index < -0.39 is 6.04 Å². The SMILES string of the molecule is CC1CCCCC1CNC(=O)C(N)C(C)(C)C. The highest BCUT2D eigenvalue weighted by atomic mass is 16.2. The normalized spacial score (nSPS) is 27.6. The van der Waals surface area contributed by atoms with Gasteiger partial charge in [0.1, 0.15) is 0 Å². The van der Waals surface area contributed by atoms with Crippen LogP contribution in [0, 0.1) is 17.3 Å². The Hall–Kier alpha value is -0.570. The molecule has 0 aromatic rings. The third-order valence-electron chi connectivity index (χ3n) is 4.04. The largest absolute Gasteiger partial charge is 0.354 e. The first-order chi connectivity index (χ1) is 7.82. The van der Waals surface area contributed by atoms with Crippen molar-refractivity contribution in [2.75, 3.05) is 6.54 Å². The van der Waals surface area contributed by atoms with Gasteiger partial charge in [-0.25, -0.2) is 0 Å². The lowest BCUT2D eigenvalue weighted by Crippen LogP contribution is -2.50. The Labute approximate surface area is 106 Å². The molecule has 3 nitrogen and oxygen atoms in total. The molecule has 0 spiro atoms. The molecule has 0 bridgehead atoms. The molecular weight excluding hydrogens is 212 g/mol. The standard InChI is InChI=1S/C14H28N2O/c1-10-7-5-6-8-11(10)9-16-13(17)12(15)14(2,3)4/h10-12H,5-9,15H2,1-4H3,(H,16,17). The summed E-state index contributed by atoms with van der Waals surface area (Å²) in [6.45, 7) is 9.09. The van der Waals surface area contributed by atoms with Crippen LogP contribution >= 0.6 is 0 Å². The second-order valence-electron chi connectivity index (χ2n) is 6.61. The molecule has 1 rings (SSSR count). The highest BCUT2D eigenvalue weighted by Gasteiger charge is 2.28. The Bertz CT molecular complexity index is 257. The van der Waals surface area contributed by atoms with Crippen molar-refractivity contribution in [2.45, 2.75) is 59.4 Å². The van der Waals surface area contributed by atoms with Gasteiger partial charge in [0.05, 0.1) is 6.04 Å². The summed E-state index contributed by atoms with van der Waals surface area (Å²) in [5.74, 6) is 1.37. The number of nitrogens with two attached hydrogens (primary N) is 1. The van der Waals surface area contributed by atoms with Crippen molar-refractivity contribution in [3.8, 4) is 0 Å². The van der Waals surface area contributed by atoms with E-state index >= 15 is 0 Å². The average molecular weight is 240 g/mol. The number of hydrogen-bond donors (Lipinski definition) is 2. The summed E-state index contributed by atoms with van der Waals surface area (Å²) in [4.78, 5) is 11.9. The molecule has 1 amide bonds. The van der Waals surface area contributed by atoms with Crippen LogP contribution in [0.15, 0.2) is 0 Å². The maximum Gasteiger partial charge on any atom is 0.237 e. The minimum absolute atomic E-state index is 0.00438. The summed E-state index contributed by atoms with van der Waals surface area (Å²) in [7, 11) is 0. The number of amides is 1. The number of nitrogens with one attached hydrogen (secondary N) is 1. The molecule has 1 fully saturated rings. The van der Waals surface area contributed by atoms with E-state index in [4.69, 9.17) is 5.73 Å². The third kappa shape index (κ3) is 4.30. The molecule has 0 radical (unpaired) electrons. The molecule has 0 aromatic heterocycles. The number of carbonyl (C=O) groups excluding carboxylic acids is 1. The van der Waals surface area contributed by atoms with Gasteiger partial charge in [-0.3, -0.25) is 4.79 Å². The first-order valence-electron chi connectivity index (χ1n) is 6.85. The lowest BCUT2D eigenvalue weighted by molar-refractivity contribution is -0.124. The van der Waals surface area contributed by atoms with Gasteiger partial charge in [0.25, 0.3) is 0 Å². The van der Waals surface area contributed by atoms with E-state index in [0.29, 0.717) is 5.92 Å². The fourth-order valence-corrected chi connectivity index (χ4v) is 2.43. The van der Waals surface area contributed by atoms with E-state index in [0.717, 1.165) is 12.5 Å². The molecule has 17 heavy (non-hydrogen) atoms. The van der Waals surface area contributed by atoms with E-state index in [2.05, 4.69) is 12.2 Å². The Balaban J connectivity index is 2.37. The molecule has 3 unspecified atom stereocenters. The summed E-state index contributed by atoms with van der Waals surface area (Å²) in [5, 5.41) is 3.03. The topological polar surface area (TPSA) is 55.1 Å². The van der Waals surface area contributed by atoms with E-state index in [9.17, 15) is 4.79 Å². The maximum atomic E-state index is 11.9. The van der Waals surface area contributed by atoms with Crippen LogP contribution in [0.5, 0.6) is 0 Å². The minimum atomic E-state index is -0.415. The predicted molar refractivity (Wildman–Crippen MR) is 71.6 cm³/mol. The number of hydrogen-bond acceptors (Lipinski definition) is 2. The van der Waals surface area contributed by atoms with Gasteiger partial charge in [-0.05, 0) is 23.7 Å². The molecule has 3 N–H and O–H groups in total. The zero-order valence-electron chi connectivity index (χ0n) is 11.8. The van der Waals surface area contributed by atoms with E-state index in [1.54, 1.807) is 0 Å². The summed E-state index contributed by atoms with van der Waals surface area (Å²) in [6.07, 6.45) is 5.18. The Morgan fingerprint density at radius 2 is 1.94 bits per heavy atom. The lowest BCUT2D eigenvalue weighted by Gasteiger charge is -2.31. The van der Waals surface area contributed by atoms with Crippen LogP contribution in [-0.4, -0.2) is 18.5 Å². The fourth-order valence-electron chi connectivity index (χ4n) is 2.43. The van der Waals surface area contributed by atoms with Crippen molar-refractivity contribution in [1.82, 2.24) is 5.32 Å². The minimum Gasteiger partial charge on any atom is -0.354 e. The molecule has 100 valence electrons. The van der Waals surface area contributed by atoms with Crippen LogP contribution in [0.4, 0.5) is 0 Å². The van der Waals surface area contributed by atoms with Crippen molar-refractivity contribution in [3.05, 3.63) is 0 Å². The lowest BCUT2D eigenvalue weighted by atomic mass is 9.80. The fraction of sp³-hybridized carbons (Fsp3) is 0.929. The first kappa shape index (κ1) is 14.5. The molecule has 3 heteroatoms. The monoisotopic (exact) mass is 240 g/mol. The molecule has 0 saturated heterocycles. The zero-order chi connectivity index (χ0) is 13.1. The molecule has 1 aliphatic carbocycles. The van der Waals surface area contributed by atoms with Crippen molar-refractivity contribution < 1.29 is 4.79 Å². The maximum absolute atomic E-state index is 11.9. The predicted octanol–water partition coefficient (Wildman–Crippen LogP) is 2.30. The van der Waals surface area contributed by atoms with Gasteiger partial charge in [0, 0.05) is 6.54 Å². The Kier molecular flexibility index (Phi) is 4.99. The van der Waals surface area contributed by atoms with E-state index in [1.807, 2.05) is 20.8 Å². The van der Waals surface area contributed by atoms with Crippen LogP contribution in [0.1, 0.15) is 53.4 Å². The van der Waals surface area contributed by atoms with E-state index in [1.165, 1.54) is 25.7 Å². The molecule has 0 aliphatic heterocycles. The van der Waals surface area contributed by atoms with Crippen molar-refractivity contribution in [2.24, 2.45) is 23.0 Å². The molecule has 3 atom stereocenters. The molecule has 0 aromatic carbocycles. The van der Waals surface area contributed by atoms with E-state index in [-0.39, 0.29) is 11.3 Å². The smallest absolute Gasteiger partial charge is 0.237 e. The second kappa shape index (κ2) is 5.85. The van der Waals surface area contributed by atoms with Gasteiger partial charge < -0.3 is 11.1 Å². The summed E-state index contributed by atoms with van der Waals surface area (Å²) in [6, 6.07) is -0.415. The highest BCUT2D eigenvalue weighted by Crippen LogP contribution is 2.29. The van der Waals surface area contributed by atoms with Gasteiger partial charge in [-0.15, -0.1) is 0 Å². The highest BCUT2D eigenvalue weighted by molar-refractivity contribution is 5.82. The van der Waals surface area contributed by atoms with Crippen LogP contribution in [-0.2, 0) is 4.79 Å². The van der Waals surface area contributed by atoms with Gasteiger partial charge in [-0.2, -0.15) is 0 Å². The first-order valence-corrected chi connectivity index (χ1v) is 6.85. The van der Waals surface area contributed by atoms with Gasteiger partial charge >= 0.3 is 0 Å². The summed E-state index contributed by atoms with van der Waals surface area (Å²) in [5.41, 5.74) is 5.77. The summed E-state index contributed by atoms with van der Waals surface area (Å²) < 4.78 is 0. The van der Waals surface area contributed by atoms with Crippen molar-refractivity contribution >= 4 is 5.91 Å². The Morgan fingerprint density at radius 3 is 2.47 bits per heavy atom.